The standard InChI is InChI=1S/C20H23N5O2/c1-13-19(21)22-12-24(20(13)26)11-18-23-25(14(2)27-18)10-9-15-3-5-16(6-4-15)17-7-8-17/h3-6,12,17H,2,7-11,21H2,1H3. The summed E-state index contributed by atoms with van der Waals surface area (Å²) in [5.41, 5.74) is 8.57. The van der Waals surface area contributed by atoms with E-state index in [4.69, 9.17) is 10.5 Å². The quantitative estimate of drug-likeness (QED) is 0.849. The zero-order valence-electron chi connectivity index (χ0n) is 15.4. The molecular weight excluding hydrogens is 342 g/mol. The van der Waals surface area contributed by atoms with Crippen molar-refractivity contribution in [3.05, 3.63) is 70.1 Å². The smallest absolute Gasteiger partial charge is 0.258 e. The second-order valence-corrected chi connectivity index (χ2v) is 7.07. The minimum absolute atomic E-state index is 0.193. The lowest BCUT2D eigenvalue weighted by Crippen LogP contribution is -2.27. The van der Waals surface area contributed by atoms with Crippen LogP contribution in [0.1, 0.15) is 35.4 Å². The highest BCUT2D eigenvalue weighted by atomic mass is 16.5. The van der Waals surface area contributed by atoms with Crippen molar-refractivity contribution in [3.8, 4) is 0 Å². The number of rotatable bonds is 6. The van der Waals surface area contributed by atoms with Gasteiger partial charge in [0.1, 0.15) is 18.7 Å². The predicted molar refractivity (Wildman–Crippen MR) is 104 cm³/mol. The fourth-order valence-corrected chi connectivity index (χ4v) is 3.11. The highest BCUT2D eigenvalue weighted by Gasteiger charge is 2.23. The van der Waals surface area contributed by atoms with Crippen LogP contribution in [0.2, 0.25) is 0 Å². The Balaban J connectivity index is 1.39. The lowest BCUT2D eigenvalue weighted by atomic mass is 10.1. The number of aromatic nitrogens is 2. The van der Waals surface area contributed by atoms with Crippen molar-refractivity contribution in [3.63, 3.8) is 0 Å². The van der Waals surface area contributed by atoms with E-state index in [9.17, 15) is 4.79 Å². The molecule has 140 valence electrons. The van der Waals surface area contributed by atoms with Gasteiger partial charge in [-0.25, -0.2) is 9.99 Å². The fourth-order valence-electron chi connectivity index (χ4n) is 3.11. The molecule has 1 aliphatic heterocycles. The molecule has 2 heterocycles. The molecule has 1 fully saturated rings. The summed E-state index contributed by atoms with van der Waals surface area (Å²) < 4.78 is 7.04. The van der Waals surface area contributed by atoms with E-state index in [1.807, 2.05) is 0 Å². The molecule has 27 heavy (non-hydrogen) atoms. The van der Waals surface area contributed by atoms with Crippen LogP contribution in [0.3, 0.4) is 0 Å². The van der Waals surface area contributed by atoms with E-state index in [0.29, 0.717) is 23.9 Å². The summed E-state index contributed by atoms with van der Waals surface area (Å²) >= 11 is 0. The predicted octanol–water partition coefficient (Wildman–Crippen LogP) is 2.37. The number of nitrogen functional groups attached to an aromatic ring is 1. The number of hydrogen-bond acceptors (Lipinski definition) is 6. The van der Waals surface area contributed by atoms with Crippen molar-refractivity contribution in [2.45, 2.75) is 38.6 Å². The topological polar surface area (TPSA) is 85.7 Å². The maximum atomic E-state index is 12.2. The molecule has 2 aromatic rings. The minimum Gasteiger partial charge on any atom is -0.422 e. The Morgan fingerprint density at radius 2 is 2.04 bits per heavy atom. The molecule has 0 bridgehead atoms. The number of benzene rings is 1. The summed E-state index contributed by atoms with van der Waals surface area (Å²) in [6.45, 7) is 6.42. The molecule has 0 amide bonds. The maximum absolute atomic E-state index is 12.2. The van der Waals surface area contributed by atoms with Gasteiger partial charge in [-0.2, -0.15) is 0 Å². The van der Waals surface area contributed by atoms with E-state index >= 15 is 0 Å². The molecule has 1 aromatic carbocycles. The Bertz CT molecular complexity index is 957. The first-order chi connectivity index (χ1) is 13.0. The molecule has 0 radical (unpaired) electrons. The lowest BCUT2D eigenvalue weighted by Gasteiger charge is -2.12. The van der Waals surface area contributed by atoms with Gasteiger partial charge in [-0.1, -0.05) is 24.3 Å². The molecule has 1 aliphatic carbocycles. The summed E-state index contributed by atoms with van der Waals surface area (Å²) in [5, 5.41) is 6.17. The van der Waals surface area contributed by atoms with E-state index in [2.05, 4.69) is 40.9 Å². The molecule has 2 aliphatic rings. The van der Waals surface area contributed by atoms with E-state index < -0.39 is 0 Å². The number of nitrogens with two attached hydrogens (primary N) is 1. The van der Waals surface area contributed by atoms with Crippen molar-refractivity contribution >= 4 is 11.7 Å². The number of nitrogens with zero attached hydrogens (tertiary/aromatic N) is 4. The average molecular weight is 365 g/mol. The van der Waals surface area contributed by atoms with Gasteiger partial charge in [-0.15, -0.1) is 5.10 Å². The van der Waals surface area contributed by atoms with Gasteiger partial charge >= 0.3 is 0 Å². The fraction of sp³-hybridized carbons (Fsp3) is 0.350. The van der Waals surface area contributed by atoms with Crippen molar-refractivity contribution in [1.82, 2.24) is 14.6 Å². The van der Waals surface area contributed by atoms with Crippen LogP contribution in [0.4, 0.5) is 5.82 Å². The molecule has 2 N–H and O–H groups in total. The van der Waals surface area contributed by atoms with E-state index in [1.54, 1.807) is 11.9 Å². The zero-order valence-corrected chi connectivity index (χ0v) is 15.4. The van der Waals surface area contributed by atoms with Gasteiger partial charge in [-0.05, 0) is 49.8 Å². The van der Waals surface area contributed by atoms with Crippen LogP contribution >= 0.6 is 0 Å². The van der Waals surface area contributed by atoms with Gasteiger partial charge in [0.05, 0.1) is 5.56 Å². The first kappa shape index (κ1) is 17.3. The van der Waals surface area contributed by atoms with Crippen molar-refractivity contribution in [2.24, 2.45) is 5.10 Å². The molecule has 0 atom stereocenters. The highest BCUT2D eigenvalue weighted by Crippen LogP contribution is 2.39. The first-order valence-corrected chi connectivity index (χ1v) is 9.13. The second kappa shape index (κ2) is 6.90. The van der Waals surface area contributed by atoms with Crippen molar-refractivity contribution in [2.75, 3.05) is 12.3 Å². The number of hydrogen-bond donors (Lipinski definition) is 1. The van der Waals surface area contributed by atoms with Crippen LogP contribution in [-0.2, 0) is 17.7 Å². The van der Waals surface area contributed by atoms with Gasteiger partial charge in [0.15, 0.2) is 0 Å². The highest BCUT2D eigenvalue weighted by molar-refractivity contribution is 5.78. The molecule has 0 spiro atoms. The van der Waals surface area contributed by atoms with Gasteiger partial charge < -0.3 is 10.5 Å². The van der Waals surface area contributed by atoms with Gasteiger partial charge in [0.2, 0.25) is 11.8 Å². The van der Waals surface area contributed by atoms with E-state index in [-0.39, 0.29) is 17.9 Å². The summed E-state index contributed by atoms with van der Waals surface area (Å²) in [5.74, 6) is 1.89. The third-order valence-electron chi connectivity index (χ3n) is 5.00. The van der Waals surface area contributed by atoms with Crippen molar-refractivity contribution < 1.29 is 4.74 Å². The van der Waals surface area contributed by atoms with Crippen LogP contribution in [0.5, 0.6) is 0 Å². The largest absolute Gasteiger partial charge is 0.422 e. The summed E-state index contributed by atoms with van der Waals surface area (Å²) in [7, 11) is 0. The van der Waals surface area contributed by atoms with Crippen LogP contribution in [-0.4, -0.2) is 27.0 Å². The average Bonchev–Trinajstić information content (AvgIpc) is 3.45. The van der Waals surface area contributed by atoms with E-state index in [1.165, 1.54) is 34.9 Å². The Morgan fingerprint density at radius 1 is 1.30 bits per heavy atom. The Kier molecular flexibility index (Phi) is 4.43. The minimum atomic E-state index is -0.200. The second-order valence-electron chi connectivity index (χ2n) is 7.07. The molecular formula is C20H23N5O2. The summed E-state index contributed by atoms with van der Waals surface area (Å²) in [6, 6.07) is 8.81. The molecule has 7 nitrogen and oxygen atoms in total. The van der Waals surface area contributed by atoms with Gasteiger partial charge in [-0.3, -0.25) is 9.36 Å². The molecule has 4 rings (SSSR count). The van der Waals surface area contributed by atoms with Crippen LogP contribution in [0.25, 0.3) is 0 Å². The third kappa shape index (κ3) is 3.72. The Morgan fingerprint density at radius 3 is 2.74 bits per heavy atom. The monoisotopic (exact) mass is 365 g/mol. The molecule has 1 saturated carbocycles. The SMILES string of the molecule is C=C1OC(Cn2cnc(N)c(C)c2=O)=NN1CCc1ccc(C2CC2)cc1. The van der Waals surface area contributed by atoms with E-state index in [0.717, 1.165) is 12.3 Å². The van der Waals surface area contributed by atoms with Gasteiger partial charge in [0, 0.05) is 6.54 Å². The Labute approximate surface area is 157 Å². The molecule has 7 heteroatoms. The maximum Gasteiger partial charge on any atom is 0.258 e. The third-order valence-corrected chi connectivity index (χ3v) is 5.00. The van der Waals surface area contributed by atoms with Crippen LogP contribution in [0, 0.1) is 6.92 Å². The Hall–Kier alpha value is -3.09. The normalized spacial score (nSPS) is 16.4. The summed E-state index contributed by atoms with van der Waals surface area (Å²) in [6.07, 6.45) is 4.87. The number of hydrazone groups is 1. The first-order valence-electron chi connectivity index (χ1n) is 9.13. The van der Waals surface area contributed by atoms with Gasteiger partial charge in [0.25, 0.3) is 5.56 Å². The van der Waals surface area contributed by atoms with Crippen molar-refractivity contribution in [1.29, 1.82) is 0 Å². The van der Waals surface area contributed by atoms with Crippen LogP contribution in [0.15, 0.2) is 53.0 Å². The molecule has 0 saturated heterocycles. The molecule has 1 aromatic heterocycles. The lowest BCUT2D eigenvalue weighted by molar-refractivity contribution is 0.269. The number of anilines is 1. The zero-order chi connectivity index (χ0) is 19.0. The summed E-state index contributed by atoms with van der Waals surface area (Å²) in [4.78, 5) is 16.2. The number of ether oxygens (including phenoxy) is 1. The molecule has 0 unspecified atom stereocenters. The van der Waals surface area contributed by atoms with Crippen LogP contribution < -0.4 is 11.3 Å².